The number of nitrogens with zero attached hydrogens (tertiary/aromatic N) is 3. The van der Waals surface area contributed by atoms with Gasteiger partial charge in [0, 0.05) is 53.6 Å². The number of rotatable bonds is 3. The number of fused-ring (bicyclic) bond motifs is 4. The van der Waals surface area contributed by atoms with Crippen molar-refractivity contribution in [2.45, 2.75) is 57.1 Å². The molecule has 7 heteroatoms. The predicted molar refractivity (Wildman–Crippen MR) is 108 cm³/mol. The Hall–Kier alpha value is -2.38. The van der Waals surface area contributed by atoms with Gasteiger partial charge in [0.1, 0.15) is 5.60 Å². The fourth-order valence-corrected chi connectivity index (χ4v) is 5.08. The van der Waals surface area contributed by atoms with E-state index in [1.54, 1.807) is 31.5 Å². The summed E-state index contributed by atoms with van der Waals surface area (Å²) in [5.74, 6) is 0. The van der Waals surface area contributed by atoms with Crippen molar-refractivity contribution in [3.63, 3.8) is 0 Å². The second kappa shape index (κ2) is 6.82. The van der Waals surface area contributed by atoms with Crippen molar-refractivity contribution < 1.29 is 18.3 Å². The largest absolute Gasteiger partial charge is 0.416 e. The maximum absolute atomic E-state index is 13.4. The minimum atomic E-state index is -4.38. The van der Waals surface area contributed by atoms with Crippen LogP contribution in [0, 0.1) is 0 Å². The third-order valence-electron chi connectivity index (χ3n) is 6.65. The number of benzene rings is 1. The van der Waals surface area contributed by atoms with Gasteiger partial charge in [-0.3, -0.25) is 9.88 Å². The molecule has 3 aromatic rings. The molecular weight excluding hydrogens is 391 g/mol. The van der Waals surface area contributed by atoms with E-state index in [0.717, 1.165) is 48.6 Å². The monoisotopic (exact) mass is 415 g/mol. The number of alkyl halides is 3. The first-order chi connectivity index (χ1) is 14.2. The van der Waals surface area contributed by atoms with E-state index in [-0.39, 0.29) is 6.54 Å². The van der Waals surface area contributed by atoms with Crippen molar-refractivity contribution in [2.75, 3.05) is 6.54 Å². The van der Waals surface area contributed by atoms with Crippen LogP contribution in [0.2, 0.25) is 0 Å². The van der Waals surface area contributed by atoms with E-state index < -0.39 is 17.3 Å². The van der Waals surface area contributed by atoms with Gasteiger partial charge >= 0.3 is 6.18 Å². The van der Waals surface area contributed by atoms with Crippen LogP contribution in [0.1, 0.15) is 42.1 Å². The molecule has 2 aromatic heterocycles. The molecule has 5 rings (SSSR count). The Morgan fingerprint density at radius 2 is 2.03 bits per heavy atom. The van der Waals surface area contributed by atoms with Gasteiger partial charge in [-0.25, -0.2) is 0 Å². The zero-order chi connectivity index (χ0) is 21.1. The summed E-state index contributed by atoms with van der Waals surface area (Å²) in [6.07, 6.45) is 1.93. The van der Waals surface area contributed by atoms with Gasteiger partial charge in [0.2, 0.25) is 0 Å². The number of aliphatic hydroxyl groups is 1. The van der Waals surface area contributed by atoms with Crippen molar-refractivity contribution in [3.8, 4) is 0 Å². The molecule has 4 nitrogen and oxygen atoms in total. The standard InChI is InChI=1S/C23H24F3N3O/c1-22(30,16-4-2-8-27-12-16)14-29-20-7-6-15(23(24,25)26)10-18(20)19-13-28-9-3-5-17(28)11-21(19)29/h2,4,6-8,10,12,17,30H,3,5,9,11,13-14H2,1H3/t17-,22+/m1/s1. The van der Waals surface area contributed by atoms with Crippen molar-refractivity contribution in [1.29, 1.82) is 0 Å². The molecule has 0 saturated carbocycles. The molecular formula is C23H24F3N3O. The minimum absolute atomic E-state index is 0.266. The van der Waals surface area contributed by atoms with Crippen LogP contribution in [0.25, 0.3) is 10.9 Å². The summed E-state index contributed by atoms with van der Waals surface area (Å²) in [6, 6.07) is 8.00. The van der Waals surface area contributed by atoms with Crippen LogP contribution in [0.3, 0.4) is 0 Å². The summed E-state index contributed by atoms with van der Waals surface area (Å²) in [5, 5.41) is 11.9. The van der Waals surface area contributed by atoms with Crippen LogP contribution >= 0.6 is 0 Å². The molecule has 0 bridgehead atoms. The SMILES string of the molecule is C[C@](O)(Cn1c2c(c3cc(C(F)(F)F)ccc31)CN1CCC[C@@H]1C2)c1cccnc1. The van der Waals surface area contributed by atoms with Crippen molar-refractivity contribution in [3.05, 3.63) is 65.1 Å². The Balaban J connectivity index is 1.66. The smallest absolute Gasteiger partial charge is 0.384 e. The lowest BCUT2D eigenvalue weighted by atomic mass is 9.96. The van der Waals surface area contributed by atoms with Crippen molar-refractivity contribution in [1.82, 2.24) is 14.5 Å². The maximum atomic E-state index is 13.4. The Bertz CT molecular complexity index is 1090. The summed E-state index contributed by atoms with van der Waals surface area (Å²) in [6.45, 7) is 3.66. The summed E-state index contributed by atoms with van der Waals surface area (Å²) in [4.78, 5) is 6.49. The number of aromatic nitrogens is 2. The van der Waals surface area contributed by atoms with E-state index in [0.29, 0.717) is 23.5 Å². The molecule has 0 amide bonds. The van der Waals surface area contributed by atoms with Gasteiger partial charge in [-0.1, -0.05) is 6.07 Å². The van der Waals surface area contributed by atoms with Crippen LogP contribution in [0.4, 0.5) is 13.2 Å². The van der Waals surface area contributed by atoms with Crippen LogP contribution in [0.5, 0.6) is 0 Å². The predicted octanol–water partition coefficient (Wildman–Crippen LogP) is 4.48. The fourth-order valence-electron chi connectivity index (χ4n) is 5.08. The first-order valence-corrected chi connectivity index (χ1v) is 10.3. The molecule has 0 radical (unpaired) electrons. The zero-order valence-corrected chi connectivity index (χ0v) is 16.8. The molecule has 4 heterocycles. The number of hydrogen-bond donors (Lipinski definition) is 1. The maximum Gasteiger partial charge on any atom is 0.416 e. The third kappa shape index (κ3) is 3.20. The molecule has 0 unspecified atom stereocenters. The molecule has 0 spiro atoms. The average molecular weight is 415 g/mol. The second-order valence-corrected chi connectivity index (χ2v) is 8.73. The minimum Gasteiger partial charge on any atom is -0.384 e. The number of halogens is 3. The Morgan fingerprint density at radius 3 is 2.77 bits per heavy atom. The topological polar surface area (TPSA) is 41.3 Å². The van der Waals surface area contributed by atoms with Gasteiger partial charge in [0.05, 0.1) is 12.1 Å². The highest BCUT2D eigenvalue weighted by atomic mass is 19.4. The van der Waals surface area contributed by atoms with Crippen molar-refractivity contribution >= 4 is 10.9 Å². The van der Waals surface area contributed by atoms with E-state index in [9.17, 15) is 18.3 Å². The van der Waals surface area contributed by atoms with Crippen LogP contribution in [-0.4, -0.2) is 32.1 Å². The molecule has 1 N–H and O–H groups in total. The molecule has 2 aliphatic heterocycles. The summed E-state index contributed by atoms with van der Waals surface area (Å²) >= 11 is 0. The lowest BCUT2D eigenvalue weighted by molar-refractivity contribution is -0.137. The van der Waals surface area contributed by atoms with Crippen molar-refractivity contribution in [2.24, 2.45) is 0 Å². The van der Waals surface area contributed by atoms with E-state index in [2.05, 4.69) is 9.88 Å². The van der Waals surface area contributed by atoms with E-state index in [1.807, 2.05) is 10.6 Å². The van der Waals surface area contributed by atoms with Crippen LogP contribution < -0.4 is 0 Å². The van der Waals surface area contributed by atoms with E-state index in [1.165, 1.54) is 6.07 Å². The third-order valence-corrected chi connectivity index (χ3v) is 6.65. The molecule has 2 aliphatic rings. The van der Waals surface area contributed by atoms with Gasteiger partial charge in [0.15, 0.2) is 0 Å². The molecule has 1 fully saturated rings. The van der Waals surface area contributed by atoms with Gasteiger partial charge in [-0.05, 0) is 56.1 Å². The van der Waals surface area contributed by atoms with Gasteiger partial charge < -0.3 is 9.67 Å². The Labute approximate surface area is 172 Å². The van der Waals surface area contributed by atoms with Gasteiger partial charge in [-0.2, -0.15) is 13.2 Å². The lowest BCUT2D eigenvalue weighted by Crippen LogP contribution is -2.37. The quantitative estimate of drug-likeness (QED) is 0.686. The highest BCUT2D eigenvalue weighted by molar-refractivity contribution is 5.87. The average Bonchev–Trinajstić information content (AvgIpc) is 3.29. The first kappa shape index (κ1) is 19.6. The van der Waals surface area contributed by atoms with Gasteiger partial charge in [0.25, 0.3) is 0 Å². The summed E-state index contributed by atoms with van der Waals surface area (Å²) in [5.41, 5.74) is 1.64. The zero-order valence-electron chi connectivity index (χ0n) is 16.8. The van der Waals surface area contributed by atoms with Gasteiger partial charge in [-0.15, -0.1) is 0 Å². The molecule has 0 aliphatic carbocycles. The van der Waals surface area contributed by atoms with E-state index >= 15 is 0 Å². The number of pyridine rings is 1. The highest BCUT2D eigenvalue weighted by Gasteiger charge is 2.37. The number of hydrogen-bond acceptors (Lipinski definition) is 3. The Kier molecular flexibility index (Phi) is 4.45. The van der Waals surface area contributed by atoms with Crippen LogP contribution in [0.15, 0.2) is 42.7 Å². The van der Waals surface area contributed by atoms with Crippen LogP contribution in [-0.2, 0) is 31.3 Å². The van der Waals surface area contributed by atoms with E-state index in [4.69, 9.17) is 0 Å². The molecule has 2 atom stereocenters. The molecule has 1 aromatic carbocycles. The summed E-state index contributed by atoms with van der Waals surface area (Å²) < 4.78 is 42.2. The normalized spacial score (nSPS) is 21.4. The first-order valence-electron chi connectivity index (χ1n) is 10.3. The lowest BCUT2D eigenvalue weighted by Gasteiger charge is -2.32. The Morgan fingerprint density at radius 1 is 1.20 bits per heavy atom. The molecule has 158 valence electrons. The fraction of sp³-hybridized carbons (Fsp3) is 0.435. The molecule has 1 saturated heterocycles. The highest BCUT2D eigenvalue weighted by Crippen LogP contribution is 2.40. The summed E-state index contributed by atoms with van der Waals surface area (Å²) in [7, 11) is 0. The molecule has 30 heavy (non-hydrogen) atoms. The second-order valence-electron chi connectivity index (χ2n) is 8.73.